The summed E-state index contributed by atoms with van der Waals surface area (Å²) in [6.07, 6.45) is 0. The number of hydrogen-bond donors (Lipinski definition) is 1. The Balaban J connectivity index is 2.66. The summed E-state index contributed by atoms with van der Waals surface area (Å²) >= 11 is 3.47. The fraction of sp³-hybridized carbons (Fsp3) is 0.455. The molecule has 0 bridgehead atoms. The Morgan fingerprint density at radius 1 is 1.36 bits per heavy atom. The molecule has 14 heavy (non-hydrogen) atoms. The molecule has 0 fully saturated rings. The van der Waals surface area contributed by atoms with Gasteiger partial charge in [-0.25, -0.2) is 0 Å². The van der Waals surface area contributed by atoms with Crippen molar-refractivity contribution in [3.8, 4) is 0 Å². The Labute approximate surface area is 93.7 Å². The molecule has 0 heterocycles. The topological polar surface area (TPSA) is 23.5 Å². The van der Waals surface area contributed by atoms with E-state index in [1.807, 2.05) is 7.05 Å². The van der Waals surface area contributed by atoms with Crippen molar-refractivity contribution in [1.82, 2.24) is 4.90 Å². The molecule has 0 saturated heterocycles. The number of likely N-dealkylation sites (N-methyl/N-ethyl adjacent to an activating group) is 1. The number of aryl methyl sites for hydroxylation is 1. The highest BCUT2D eigenvalue weighted by molar-refractivity contribution is 9.10. The summed E-state index contributed by atoms with van der Waals surface area (Å²) in [6, 6.07) is 6.37. The maximum absolute atomic E-state index is 8.77. The first-order valence-electron chi connectivity index (χ1n) is 4.67. The van der Waals surface area contributed by atoms with Gasteiger partial charge in [0.25, 0.3) is 0 Å². The second kappa shape index (κ2) is 5.49. The second-order valence-corrected chi connectivity index (χ2v) is 4.51. The van der Waals surface area contributed by atoms with E-state index in [-0.39, 0.29) is 6.61 Å². The predicted octanol–water partition coefficient (Wildman–Crippen LogP) is 2.18. The predicted molar refractivity (Wildman–Crippen MR) is 62.3 cm³/mol. The number of aliphatic hydroxyl groups is 1. The standard InChI is InChI=1S/C11H16BrNO/c1-9-5-10(7-11(12)6-9)8-13(2)3-4-14/h5-7,14H,3-4,8H2,1-2H3. The smallest absolute Gasteiger partial charge is 0.0558 e. The minimum Gasteiger partial charge on any atom is -0.395 e. The van der Waals surface area contributed by atoms with E-state index in [4.69, 9.17) is 5.11 Å². The molecule has 0 spiro atoms. The average Bonchev–Trinajstić information content (AvgIpc) is 2.01. The zero-order valence-corrected chi connectivity index (χ0v) is 10.2. The molecular weight excluding hydrogens is 242 g/mol. The second-order valence-electron chi connectivity index (χ2n) is 3.60. The number of aliphatic hydroxyl groups excluding tert-OH is 1. The van der Waals surface area contributed by atoms with Crippen LogP contribution < -0.4 is 0 Å². The molecule has 2 nitrogen and oxygen atoms in total. The highest BCUT2D eigenvalue weighted by atomic mass is 79.9. The maximum atomic E-state index is 8.77. The normalized spacial score (nSPS) is 10.9. The molecule has 0 aliphatic rings. The van der Waals surface area contributed by atoms with Crippen molar-refractivity contribution in [2.24, 2.45) is 0 Å². The van der Waals surface area contributed by atoms with Crippen LogP contribution in [0.3, 0.4) is 0 Å². The van der Waals surface area contributed by atoms with Gasteiger partial charge in [0.1, 0.15) is 0 Å². The zero-order chi connectivity index (χ0) is 10.6. The summed E-state index contributed by atoms with van der Waals surface area (Å²) in [5.74, 6) is 0. The molecule has 1 N–H and O–H groups in total. The Morgan fingerprint density at radius 2 is 2.07 bits per heavy atom. The van der Waals surface area contributed by atoms with Crippen LogP contribution in [0.4, 0.5) is 0 Å². The zero-order valence-electron chi connectivity index (χ0n) is 8.63. The van der Waals surface area contributed by atoms with Crippen LogP contribution in [0.5, 0.6) is 0 Å². The van der Waals surface area contributed by atoms with Gasteiger partial charge in [-0.1, -0.05) is 22.0 Å². The lowest BCUT2D eigenvalue weighted by molar-refractivity contribution is 0.217. The molecule has 1 rings (SSSR count). The van der Waals surface area contributed by atoms with Gasteiger partial charge in [-0.15, -0.1) is 0 Å². The van der Waals surface area contributed by atoms with Gasteiger partial charge in [0.05, 0.1) is 6.61 Å². The number of rotatable bonds is 4. The maximum Gasteiger partial charge on any atom is 0.0558 e. The molecule has 0 radical (unpaired) electrons. The van der Waals surface area contributed by atoms with E-state index in [9.17, 15) is 0 Å². The van der Waals surface area contributed by atoms with Gasteiger partial charge in [0, 0.05) is 17.6 Å². The summed E-state index contributed by atoms with van der Waals surface area (Å²) in [5.41, 5.74) is 2.53. The number of hydrogen-bond acceptors (Lipinski definition) is 2. The van der Waals surface area contributed by atoms with Crippen molar-refractivity contribution in [2.75, 3.05) is 20.2 Å². The Bertz CT molecular complexity index is 281. The SMILES string of the molecule is Cc1cc(Br)cc(CN(C)CCO)c1. The van der Waals surface area contributed by atoms with Crippen LogP contribution in [0.15, 0.2) is 22.7 Å². The van der Waals surface area contributed by atoms with Crippen LogP contribution in [-0.2, 0) is 6.54 Å². The third kappa shape index (κ3) is 3.78. The van der Waals surface area contributed by atoms with E-state index >= 15 is 0 Å². The van der Waals surface area contributed by atoms with Crippen LogP contribution in [0.1, 0.15) is 11.1 Å². The van der Waals surface area contributed by atoms with Crippen molar-refractivity contribution in [3.05, 3.63) is 33.8 Å². The first kappa shape index (κ1) is 11.7. The number of benzene rings is 1. The summed E-state index contributed by atoms with van der Waals surface area (Å²) in [7, 11) is 2.01. The highest BCUT2D eigenvalue weighted by Crippen LogP contribution is 2.16. The van der Waals surface area contributed by atoms with Gasteiger partial charge in [0.15, 0.2) is 0 Å². The van der Waals surface area contributed by atoms with E-state index in [0.717, 1.165) is 11.0 Å². The van der Waals surface area contributed by atoms with Crippen LogP contribution in [0, 0.1) is 6.92 Å². The van der Waals surface area contributed by atoms with Gasteiger partial charge < -0.3 is 5.11 Å². The van der Waals surface area contributed by atoms with Gasteiger partial charge in [-0.3, -0.25) is 4.90 Å². The van der Waals surface area contributed by atoms with Crippen molar-refractivity contribution >= 4 is 15.9 Å². The van der Waals surface area contributed by atoms with Crippen molar-refractivity contribution in [2.45, 2.75) is 13.5 Å². The summed E-state index contributed by atoms with van der Waals surface area (Å²) in [5, 5.41) is 8.77. The first-order valence-corrected chi connectivity index (χ1v) is 5.46. The molecule has 0 aliphatic heterocycles. The Morgan fingerprint density at radius 3 is 2.64 bits per heavy atom. The fourth-order valence-electron chi connectivity index (χ4n) is 1.46. The molecule has 0 amide bonds. The van der Waals surface area contributed by atoms with E-state index in [2.05, 4.69) is 46.0 Å². The molecule has 3 heteroatoms. The monoisotopic (exact) mass is 257 g/mol. The van der Waals surface area contributed by atoms with E-state index in [0.29, 0.717) is 6.54 Å². The average molecular weight is 258 g/mol. The lowest BCUT2D eigenvalue weighted by atomic mass is 10.1. The van der Waals surface area contributed by atoms with Crippen LogP contribution in [0.2, 0.25) is 0 Å². The van der Waals surface area contributed by atoms with Crippen LogP contribution in [0.25, 0.3) is 0 Å². The van der Waals surface area contributed by atoms with Crippen molar-refractivity contribution in [3.63, 3.8) is 0 Å². The minimum absolute atomic E-state index is 0.212. The summed E-state index contributed by atoms with van der Waals surface area (Å²) < 4.78 is 1.12. The molecule has 0 unspecified atom stereocenters. The molecule has 0 atom stereocenters. The molecular formula is C11H16BrNO. The number of halogens is 1. The van der Waals surface area contributed by atoms with Crippen LogP contribution >= 0.6 is 15.9 Å². The van der Waals surface area contributed by atoms with Crippen molar-refractivity contribution < 1.29 is 5.11 Å². The minimum atomic E-state index is 0.212. The number of nitrogens with zero attached hydrogens (tertiary/aromatic N) is 1. The lowest BCUT2D eigenvalue weighted by Gasteiger charge is -2.15. The van der Waals surface area contributed by atoms with Gasteiger partial charge in [-0.05, 0) is 37.2 Å². The Hall–Kier alpha value is -0.380. The van der Waals surface area contributed by atoms with Gasteiger partial charge >= 0.3 is 0 Å². The van der Waals surface area contributed by atoms with E-state index in [1.165, 1.54) is 11.1 Å². The molecule has 0 saturated carbocycles. The molecule has 78 valence electrons. The summed E-state index contributed by atoms with van der Waals surface area (Å²) in [6.45, 7) is 3.89. The molecule has 0 aliphatic carbocycles. The van der Waals surface area contributed by atoms with Gasteiger partial charge in [0.2, 0.25) is 0 Å². The fourth-order valence-corrected chi connectivity index (χ4v) is 2.12. The van der Waals surface area contributed by atoms with E-state index < -0.39 is 0 Å². The largest absolute Gasteiger partial charge is 0.395 e. The summed E-state index contributed by atoms with van der Waals surface area (Å²) in [4.78, 5) is 2.10. The van der Waals surface area contributed by atoms with E-state index in [1.54, 1.807) is 0 Å². The third-order valence-corrected chi connectivity index (χ3v) is 2.49. The van der Waals surface area contributed by atoms with Crippen molar-refractivity contribution in [1.29, 1.82) is 0 Å². The molecule has 1 aromatic carbocycles. The van der Waals surface area contributed by atoms with Crippen LogP contribution in [-0.4, -0.2) is 30.2 Å². The highest BCUT2D eigenvalue weighted by Gasteiger charge is 2.01. The quantitative estimate of drug-likeness (QED) is 0.894. The molecule has 0 aromatic heterocycles. The molecule has 1 aromatic rings. The van der Waals surface area contributed by atoms with Gasteiger partial charge in [-0.2, -0.15) is 0 Å². The first-order chi connectivity index (χ1) is 6.61. The Kier molecular flexibility index (Phi) is 4.58. The lowest BCUT2D eigenvalue weighted by Crippen LogP contribution is -2.21. The third-order valence-electron chi connectivity index (χ3n) is 2.04.